The summed E-state index contributed by atoms with van der Waals surface area (Å²) in [5.74, 6) is 1.46. The molecule has 16 bridgehead atoms. The van der Waals surface area contributed by atoms with Crippen LogP contribution in [0.25, 0.3) is 0 Å². The molecule has 8 aliphatic carbocycles. The monoisotopic (exact) mass is 915 g/mol. The standard InChI is InChI=1S/C56H82O10/c1-31-29-63-21-9-10-22-64-30-32(2)40-14-16-42-50-44(28-48(60)56(40,42)6)54(4)20-18-36(24-34(54)26-46(50)58)66-52(62)38-12-8-7-11-37(38)51(61)65-35-17-19-53(3)33(23-35)25-45(57)49-41-15-13-39(31)55(41,5)47(59)27-43(49)53/h7-12,31-36,39-50,57-60H,13-30H2,1-6H3/b10-9-/t31-,32-,33+,34+,35-,36-,39-,40-,41+,42+,43+,44+,45-,46-,47+,48+,49+,50+,53+,54+,55-,56-/m1/s1. The van der Waals surface area contributed by atoms with E-state index in [1.54, 1.807) is 24.3 Å². The Morgan fingerprint density at radius 2 is 0.909 bits per heavy atom. The fraction of sp³-hybridized carbons (Fsp3) is 0.821. The van der Waals surface area contributed by atoms with Crippen LogP contribution < -0.4 is 0 Å². The molecule has 0 amide bonds. The van der Waals surface area contributed by atoms with E-state index in [9.17, 15) is 30.0 Å². The maximum atomic E-state index is 14.1. The lowest BCUT2D eigenvalue weighted by Crippen LogP contribution is -2.62. The summed E-state index contributed by atoms with van der Waals surface area (Å²) in [6, 6.07) is 6.85. The maximum Gasteiger partial charge on any atom is 0.339 e. The number of hydrogen-bond donors (Lipinski definition) is 4. The first-order valence-corrected chi connectivity index (χ1v) is 26.5. The van der Waals surface area contributed by atoms with E-state index in [1.165, 1.54) is 0 Å². The third-order valence-electron chi connectivity index (χ3n) is 22.3. The number of aliphatic hydroxyl groups excluding tert-OH is 4. The van der Waals surface area contributed by atoms with E-state index in [4.69, 9.17) is 18.9 Å². The lowest BCUT2D eigenvalue weighted by atomic mass is 9.43. The molecule has 0 aromatic heterocycles. The highest BCUT2D eigenvalue weighted by Crippen LogP contribution is 2.70. The summed E-state index contributed by atoms with van der Waals surface area (Å²) in [5, 5.41) is 48.6. The van der Waals surface area contributed by atoms with Crippen molar-refractivity contribution in [2.24, 2.45) is 92.7 Å². The van der Waals surface area contributed by atoms with Crippen molar-refractivity contribution in [2.45, 2.75) is 168 Å². The van der Waals surface area contributed by atoms with Gasteiger partial charge in [-0.2, -0.15) is 0 Å². The number of hydrogen-bond acceptors (Lipinski definition) is 10. The molecular formula is C56H82O10. The molecule has 0 unspecified atom stereocenters. The number of carbonyl (C=O) groups excluding carboxylic acids is 2. The average Bonchev–Trinajstić information content (AvgIpc) is 3.84. The van der Waals surface area contributed by atoms with E-state index < -0.39 is 36.4 Å². The van der Waals surface area contributed by atoms with Gasteiger partial charge in [0.2, 0.25) is 0 Å². The quantitative estimate of drug-likeness (QED) is 0.147. The van der Waals surface area contributed by atoms with Crippen molar-refractivity contribution in [2.75, 3.05) is 26.4 Å². The van der Waals surface area contributed by atoms with Crippen LogP contribution >= 0.6 is 0 Å². The van der Waals surface area contributed by atoms with Crippen LogP contribution in [0.4, 0.5) is 0 Å². The Bertz CT molecular complexity index is 1850. The molecule has 8 fully saturated rings. The minimum absolute atomic E-state index is 0.0863. The molecule has 66 heavy (non-hydrogen) atoms. The zero-order valence-electron chi connectivity index (χ0n) is 40.8. The van der Waals surface area contributed by atoms with Gasteiger partial charge in [0.1, 0.15) is 12.2 Å². The van der Waals surface area contributed by atoms with Crippen LogP contribution in [-0.4, -0.2) is 95.4 Å². The van der Waals surface area contributed by atoms with Crippen LogP contribution in [0.2, 0.25) is 0 Å². The summed E-state index contributed by atoms with van der Waals surface area (Å²) >= 11 is 0. The smallest absolute Gasteiger partial charge is 0.339 e. The van der Waals surface area contributed by atoms with E-state index in [0.717, 1.165) is 38.5 Å². The molecule has 0 spiro atoms. The number of carbonyl (C=O) groups is 2. The molecule has 5 heterocycles. The van der Waals surface area contributed by atoms with Crippen molar-refractivity contribution >= 4 is 11.9 Å². The highest BCUT2D eigenvalue weighted by Gasteiger charge is 2.68. The molecule has 13 aliphatic rings. The molecule has 0 saturated heterocycles. The number of aliphatic hydroxyl groups is 4. The maximum absolute atomic E-state index is 14.1. The lowest BCUT2D eigenvalue weighted by molar-refractivity contribution is -0.208. The van der Waals surface area contributed by atoms with E-state index >= 15 is 0 Å². The largest absolute Gasteiger partial charge is 0.459 e. The van der Waals surface area contributed by atoms with Crippen molar-refractivity contribution in [3.8, 4) is 0 Å². The van der Waals surface area contributed by atoms with Gasteiger partial charge in [0.25, 0.3) is 0 Å². The molecule has 1 aromatic rings. The van der Waals surface area contributed by atoms with E-state index in [1.807, 2.05) is 0 Å². The highest BCUT2D eigenvalue weighted by atomic mass is 16.6. The van der Waals surface area contributed by atoms with Gasteiger partial charge >= 0.3 is 11.9 Å². The van der Waals surface area contributed by atoms with Gasteiger partial charge in [0.15, 0.2) is 0 Å². The summed E-state index contributed by atoms with van der Waals surface area (Å²) in [7, 11) is 0. The zero-order chi connectivity index (χ0) is 46.5. The molecule has 10 nitrogen and oxygen atoms in total. The number of esters is 2. The average molecular weight is 915 g/mol. The van der Waals surface area contributed by atoms with Gasteiger partial charge in [-0.25, -0.2) is 9.59 Å². The number of benzene rings is 1. The second kappa shape index (κ2) is 17.8. The number of rotatable bonds is 0. The summed E-state index contributed by atoms with van der Waals surface area (Å²) < 4.78 is 25.1. The Labute approximate surface area is 394 Å². The summed E-state index contributed by atoms with van der Waals surface area (Å²) in [4.78, 5) is 28.2. The Morgan fingerprint density at radius 3 is 1.32 bits per heavy atom. The zero-order valence-corrected chi connectivity index (χ0v) is 40.8. The van der Waals surface area contributed by atoms with E-state index in [0.29, 0.717) is 89.6 Å². The Kier molecular flexibility index (Phi) is 12.8. The second-order valence-electron chi connectivity index (χ2n) is 24.8. The summed E-state index contributed by atoms with van der Waals surface area (Å²) in [5.41, 5.74) is -0.339. The fourth-order valence-electron chi connectivity index (χ4n) is 18.7. The SMILES string of the molecule is C[C@@H]1COC/C=C\COC[C@@H](C)[C@H]2CC[C@H]3[C@@H]4[C@H](O)C[C@@H]5C[C@@H](CC[C@]5(C)[C@H]4C[C@H](O)[C@]23C)OC(=O)c2ccccc2C(=O)O[C@@H]2CC[C@@]3(C)[C@@H](C2)C[C@@H](O)[C@@H]2[C@@H]3C[C@H](O)[C@]3(C)[C@@H]1CC[C@@H]23. The van der Waals surface area contributed by atoms with Gasteiger partial charge in [-0.3, -0.25) is 0 Å². The van der Waals surface area contributed by atoms with Crippen LogP contribution in [0.3, 0.4) is 0 Å². The van der Waals surface area contributed by atoms with Crippen molar-refractivity contribution in [1.29, 1.82) is 0 Å². The highest BCUT2D eigenvalue weighted by molar-refractivity contribution is 6.03. The lowest BCUT2D eigenvalue weighted by Gasteiger charge is -2.63. The van der Waals surface area contributed by atoms with Crippen LogP contribution in [0, 0.1) is 92.7 Å². The minimum Gasteiger partial charge on any atom is -0.459 e. The molecule has 0 radical (unpaired) electrons. The van der Waals surface area contributed by atoms with Gasteiger partial charge in [0.05, 0.1) is 48.8 Å². The van der Waals surface area contributed by atoms with Crippen molar-refractivity contribution in [1.82, 2.24) is 0 Å². The summed E-state index contributed by atoms with van der Waals surface area (Å²) in [6.45, 7) is 16.1. The first kappa shape index (κ1) is 47.3. The fourth-order valence-corrected chi connectivity index (χ4v) is 18.7. The molecule has 14 rings (SSSR count). The van der Waals surface area contributed by atoms with Gasteiger partial charge in [0, 0.05) is 13.2 Å². The molecule has 4 N–H and O–H groups in total. The van der Waals surface area contributed by atoms with Crippen molar-refractivity contribution in [3.63, 3.8) is 0 Å². The summed E-state index contributed by atoms with van der Waals surface area (Å²) in [6.07, 6.45) is 12.7. The second-order valence-corrected chi connectivity index (χ2v) is 24.8. The van der Waals surface area contributed by atoms with Crippen molar-refractivity contribution < 1.29 is 49.0 Å². The number of ether oxygens (including phenoxy) is 4. The van der Waals surface area contributed by atoms with Gasteiger partial charge in [-0.05, 0) is 195 Å². The molecule has 8 saturated carbocycles. The Morgan fingerprint density at radius 1 is 0.515 bits per heavy atom. The molecule has 1 aromatic carbocycles. The molecule has 10 heteroatoms. The molecular weight excluding hydrogens is 833 g/mol. The van der Waals surface area contributed by atoms with Crippen LogP contribution in [0.1, 0.15) is 152 Å². The Hall–Kier alpha value is -2.34. The minimum atomic E-state index is -0.519. The van der Waals surface area contributed by atoms with Crippen molar-refractivity contribution in [3.05, 3.63) is 47.5 Å². The van der Waals surface area contributed by atoms with Crippen LogP contribution in [0.15, 0.2) is 36.4 Å². The topological polar surface area (TPSA) is 152 Å². The van der Waals surface area contributed by atoms with Gasteiger partial charge in [-0.15, -0.1) is 0 Å². The first-order chi connectivity index (χ1) is 31.5. The molecule has 22 atom stereocenters. The third-order valence-corrected chi connectivity index (χ3v) is 22.3. The van der Waals surface area contributed by atoms with Gasteiger partial charge < -0.3 is 39.4 Å². The van der Waals surface area contributed by atoms with Crippen LogP contribution in [-0.2, 0) is 18.9 Å². The molecule has 5 aliphatic heterocycles. The van der Waals surface area contributed by atoms with E-state index in [-0.39, 0.29) is 104 Å². The van der Waals surface area contributed by atoms with Gasteiger partial charge in [-0.1, -0.05) is 65.8 Å². The predicted molar refractivity (Wildman–Crippen MR) is 250 cm³/mol. The third kappa shape index (κ3) is 7.52. The predicted octanol–water partition coefficient (Wildman–Crippen LogP) is 8.81. The van der Waals surface area contributed by atoms with E-state index in [2.05, 4.69) is 53.7 Å². The normalized spacial score (nSPS) is 52.5. The van der Waals surface area contributed by atoms with Crippen LogP contribution in [0.5, 0.6) is 0 Å². The molecule has 366 valence electrons. The Balaban J connectivity index is 0.893. The first-order valence-electron chi connectivity index (χ1n) is 26.5.